The minimum absolute atomic E-state index is 0.178. The number of hydrogen-bond donors (Lipinski definition) is 2. The van der Waals surface area contributed by atoms with Gasteiger partial charge in [0.05, 0.1) is 0 Å². The summed E-state index contributed by atoms with van der Waals surface area (Å²) in [5.74, 6) is 0.847. The molecule has 1 rings (SSSR count). The lowest BCUT2D eigenvalue weighted by atomic mass is 10.1. The first kappa shape index (κ1) is 14.7. The lowest BCUT2D eigenvalue weighted by Crippen LogP contribution is -2.33. The van der Waals surface area contributed by atoms with Crippen LogP contribution in [0, 0.1) is 0 Å². The van der Waals surface area contributed by atoms with E-state index in [2.05, 4.69) is 34.3 Å². The molecule has 2 N–H and O–H groups in total. The molecule has 0 aliphatic rings. The van der Waals surface area contributed by atoms with Crippen LogP contribution in [0.25, 0.3) is 0 Å². The van der Waals surface area contributed by atoms with Crippen LogP contribution in [0.2, 0.25) is 0 Å². The first-order valence-corrected chi connectivity index (χ1v) is 6.89. The second-order valence-electron chi connectivity index (χ2n) is 4.73. The van der Waals surface area contributed by atoms with Gasteiger partial charge in [-0.15, -0.1) is 5.10 Å². The average molecular weight is 252 g/mol. The van der Waals surface area contributed by atoms with E-state index in [0.717, 1.165) is 31.5 Å². The number of nitrogens with zero attached hydrogens (tertiary/aromatic N) is 2. The number of rotatable bonds is 8. The Kier molecular flexibility index (Phi) is 6.39. The number of carbonyl (C=O) groups excluding carboxylic acids is 1. The number of hydrogen-bond acceptors (Lipinski definition) is 3. The van der Waals surface area contributed by atoms with Gasteiger partial charge in [-0.2, -0.15) is 0 Å². The van der Waals surface area contributed by atoms with Gasteiger partial charge in [-0.05, 0) is 19.8 Å². The number of aromatic amines is 1. The maximum absolute atomic E-state index is 11.8. The van der Waals surface area contributed by atoms with E-state index in [4.69, 9.17) is 0 Å². The Bertz CT molecular complexity index is 362. The van der Waals surface area contributed by atoms with Crippen LogP contribution in [0.15, 0.2) is 0 Å². The summed E-state index contributed by atoms with van der Waals surface area (Å²) in [7, 11) is 0. The van der Waals surface area contributed by atoms with Crippen molar-refractivity contribution in [2.24, 2.45) is 0 Å². The van der Waals surface area contributed by atoms with Gasteiger partial charge in [-0.3, -0.25) is 9.89 Å². The van der Waals surface area contributed by atoms with Crippen molar-refractivity contribution in [2.45, 2.75) is 65.3 Å². The zero-order chi connectivity index (χ0) is 13.4. The molecule has 18 heavy (non-hydrogen) atoms. The van der Waals surface area contributed by atoms with Crippen LogP contribution in [0.3, 0.4) is 0 Å². The molecule has 0 aromatic carbocycles. The molecule has 0 radical (unpaired) electrons. The fourth-order valence-electron chi connectivity index (χ4n) is 1.81. The van der Waals surface area contributed by atoms with Gasteiger partial charge in [0.25, 0.3) is 5.91 Å². The summed E-state index contributed by atoms with van der Waals surface area (Å²) in [6.07, 6.45) is 6.37. The molecular formula is C13H24N4O. The number of carbonyl (C=O) groups is 1. The summed E-state index contributed by atoms with van der Waals surface area (Å²) in [4.78, 5) is 16.0. The van der Waals surface area contributed by atoms with Crippen LogP contribution >= 0.6 is 0 Å². The molecule has 102 valence electrons. The lowest BCUT2D eigenvalue weighted by molar-refractivity contribution is 0.0927. The number of aryl methyl sites for hydroxylation is 1. The Labute approximate surface area is 109 Å². The molecule has 0 spiro atoms. The minimum atomic E-state index is -0.183. The van der Waals surface area contributed by atoms with Crippen LogP contribution in [-0.2, 0) is 6.42 Å². The molecule has 5 heteroatoms. The molecule has 1 unspecified atom stereocenters. The van der Waals surface area contributed by atoms with Gasteiger partial charge in [0, 0.05) is 12.5 Å². The van der Waals surface area contributed by atoms with Gasteiger partial charge in [-0.1, -0.05) is 33.1 Å². The van der Waals surface area contributed by atoms with Crippen LogP contribution < -0.4 is 5.32 Å². The third-order valence-corrected chi connectivity index (χ3v) is 2.84. The summed E-state index contributed by atoms with van der Waals surface area (Å²) in [6, 6.07) is 0.178. The van der Waals surface area contributed by atoms with Crippen LogP contribution in [0.4, 0.5) is 0 Å². The standard InChI is InChI=1S/C13H24N4O/c1-4-6-7-9-10(3)14-13(18)12-15-11(8-5-2)16-17-12/h10H,4-9H2,1-3H3,(H,14,18)(H,15,16,17). The summed E-state index contributed by atoms with van der Waals surface area (Å²) in [5, 5.41) is 9.65. The van der Waals surface area contributed by atoms with Gasteiger partial charge in [-0.25, -0.2) is 4.98 Å². The fourth-order valence-corrected chi connectivity index (χ4v) is 1.81. The van der Waals surface area contributed by atoms with Crippen molar-refractivity contribution >= 4 is 5.91 Å². The monoisotopic (exact) mass is 252 g/mol. The van der Waals surface area contributed by atoms with E-state index in [9.17, 15) is 4.79 Å². The Morgan fingerprint density at radius 1 is 1.33 bits per heavy atom. The van der Waals surface area contributed by atoms with Crippen molar-refractivity contribution < 1.29 is 4.79 Å². The largest absolute Gasteiger partial charge is 0.347 e. The molecule has 1 aromatic heterocycles. The second-order valence-corrected chi connectivity index (χ2v) is 4.73. The number of H-pyrrole nitrogens is 1. The summed E-state index contributed by atoms with van der Waals surface area (Å²) >= 11 is 0. The molecule has 0 aliphatic carbocycles. The van der Waals surface area contributed by atoms with Gasteiger partial charge >= 0.3 is 0 Å². The molecule has 0 fully saturated rings. The predicted octanol–water partition coefficient (Wildman–Crippen LogP) is 2.46. The number of aromatic nitrogens is 3. The molecule has 0 bridgehead atoms. The van der Waals surface area contributed by atoms with Gasteiger partial charge in [0.2, 0.25) is 5.82 Å². The van der Waals surface area contributed by atoms with E-state index in [0.29, 0.717) is 0 Å². The number of nitrogens with one attached hydrogen (secondary N) is 2. The van der Waals surface area contributed by atoms with Crippen molar-refractivity contribution in [3.05, 3.63) is 11.6 Å². The highest BCUT2D eigenvalue weighted by Gasteiger charge is 2.14. The van der Waals surface area contributed by atoms with Crippen LogP contribution in [0.1, 0.15) is 69.3 Å². The van der Waals surface area contributed by atoms with E-state index in [1.54, 1.807) is 0 Å². The van der Waals surface area contributed by atoms with E-state index < -0.39 is 0 Å². The van der Waals surface area contributed by atoms with Crippen LogP contribution in [0.5, 0.6) is 0 Å². The molecule has 5 nitrogen and oxygen atoms in total. The Hall–Kier alpha value is -1.39. The maximum Gasteiger partial charge on any atom is 0.291 e. The molecule has 1 amide bonds. The highest BCUT2D eigenvalue weighted by molar-refractivity contribution is 5.90. The van der Waals surface area contributed by atoms with E-state index in [1.807, 2.05) is 6.92 Å². The first-order chi connectivity index (χ1) is 8.67. The van der Waals surface area contributed by atoms with E-state index in [1.165, 1.54) is 12.8 Å². The second kappa shape index (κ2) is 7.84. The zero-order valence-electron chi connectivity index (χ0n) is 11.6. The zero-order valence-corrected chi connectivity index (χ0v) is 11.6. The van der Waals surface area contributed by atoms with Crippen LogP contribution in [-0.4, -0.2) is 27.1 Å². The fraction of sp³-hybridized carbons (Fsp3) is 0.769. The Morgan fingerprint density at radius 2 is 2.11 bits per heavy atom. The quantitative estimate of drug-likeness (QED) is 0.698. The maximum atomic E-state index is 11.8. The SMILES string of the molecule is CCCCCC(C)NC(=O)c1n[nH]c(CCC)n1. The average Bonchev–Trinajstić information content (AvgIpc) is 2.78. The molecule has 1 aromatic rings. The Balaban J connectivity index is 2.38. The van der Waals surface area contributed by atoms with Gasteiger partial charge < -0.3 is 5.32 Å². The van der Waals surface area contributed by atoms with Crippen molar-refractivity contribution in [3.63, 3.8) is 0 Å². The lowest BCUT2D eigenvalue weighted by Gasteiger charge is -2.11. The molecule has 0 saturated carbocycles. The van der Waals surface area contributed by atoms with Crippen molar-refractivity contribution in [3.8, 4) is 0 Å². The first-order valence-electron chi connectivity index (χ1n) is 6.89. The number of amides is 1. The minimum Gasteiger partial charge on any atom is -0.347 e. The van der Waals surface area contributed by atoms with Gasteiger partial charge in [0.1, 0.15) is 5.82 Å². The van der Waals surface area contributed by atoms with E-state index >= 15 is 0 Å². The van der Waals surface area contributed by atoms with Gasteiger partial charge in [0.15, 0.2) is 0 Å². The molecule has 0 aliphatic heterocycles. The van der Waals surface area contributed by atoms with E-state index in [-0.39, 0.29) is 17.8 Å². The van der Waals surface area contributed by atoms with Crippen molar-refractivity contribution in [2.75, 3.05) is 0 Å². The summed E-state index contributed by atoms with van der Waals surface area (Å²) in [5.41, 5.74) is 0. The number of unbranched alkanes of at least 4 members (excludes halogenated alkanes) is 2. The highest BCUT2D eigenvalue weighted by Crippen LogP contribution is 2.04. The Morgan fingerprint density at radius 3 is 2.78 bits per heavy atom. The third kappa shape index (κ3) is 4.85. The highest BCUT2D eigenvalue weighted by atomic mass is 16.2. The molecular weight excluding hydrogens is 228 g/mol. The third-order valence-electron chi connectivity index (χ3n) is 2.84. The summed E-state index contributed by atoms with van der Waals surface area (Å²) < 4.78 is 0. The summed E-state index contributed by atoms with van der Waals surface area (Å²) in [6.45, 7) is 6.26. The topological polar surface area (TPSA) is 70.7 Å². The molecule has 1 atom stereocenters. The smallest absolute Gasteiger partial charge is 0.291 e. The molecule has 0 saturated heterocycles. The van der Waals surface area contributed by atoms with Crippen molar-refractivity contribution in [1.82, 2.24) is 20.5 Å². The predicted molar refractivity (Wildman–Crippen MR) is 71.4 cm³/mol. The molecule has 1 heterocycles. The normalized spacial score (nSPS) is 12.4. The van der Waals surface area contributed by atoms with Crippen molar-refractivity contribution in [1.29, 1.82) is 0 Å².